The molecule has 1 N–H and O–H groups in total. The third kappa shape index (κ3) is 2.74. The fourth-order valence-electron chi connectivity index (χ4n) is 2.13. The second-order valence-electron chi connectivity index (χ2n) is 5.10. The second-order valence-corrected chi connectivity index (χ2v) is 5.10. The Bertz CT molecular complexity index is 858. The van der Waals surface area contributed by atoms with Gasteiger partial charge < -0.3 is 0 Å². The van der Waals surface area contributed by atoms with Crippen molar-refractivity contribution in [1.82, 2.24) is 9.78 Å². The molecular weight excluding hydrogens is 276 g/mol. The SMILES string of the molecule is Cc1ccc(-n2[nH]c(C)c(N=Nc3ccccc3)c2=O)cc1. The molecule has 0 fully saturated rings. The Morgan fingerprint density at radius 1 is 0.909 bits per heavy atom. The van der Waals surface area contributed by atoms with Crippen LogP contribution >= 0.6 is 0 Å². The molecule has 3 aromatic rings. The van der Waals surface area contributed by atoms with E-state index in [2.05, 4.69) is 15.3 Å². The topological polar surface area (TPSA) is 62.5 Å². The van der Waals surface area contributed by atoms with Crippen LogP contribution in [0, 0.1) is 13.8 Å². The van der Waals surface area contributed by atoms with Gasteiger partial charge in [-0.05, 0) is 38.1 Å². The highest BCUT2D eigenvalue weighted by molar-refractivity contribution is 5.44. The Morgan fingerprint density at radius 2 is 1.59 bits per heavy atom. The quantitative estimate of drug-likeness (QED) is 0.722. The lowest BCUT2D eigenvalue weighted by atomic mass is 10.2. The van der Waals surface area contributed by atoms with E-state index in [1.165, 1.54) is 4.68 Å². The number of hydrogen-bond acceptors (Lipinski definition) is 3. The van der Waals surface area contributed by atoms with Crippen LogP contribution in [-0.2, 0) is 0 Å². The molecule has 0 aliphatic heterocycles. The van der Waals surface area contributed by atoms with Gasteiger partial charge in [0, 0.05) is 0 Å². The molecule has 1 aromatic heterocycles. The number of aromatic amines is 1. The molecule has 0 aliphatic rings. The molecule has 1 heterocycles. The van der Waals surface area contributed by atoms with Crippen LogP contribution in [0.25, 0.3) is 5.69 Å². The summed E-state index contributed by atoms with van der Waals surface area (Å²) >= 11 is 0. The highest BCUT2D eigenvalue weighted by atomic mass is 16.1. The standard InChI is InChI=1S/C17H16N4O/c1-12-8-10-15(11-9-12)21-17(22)16(13(2)20-21)19-18-14-6-4-3-5-7-14/h3-11,20H,1-2H3. The van der Waals surface area contributed by atoms with Crippen LogP contribution in [0.2, 0.25) is 0 Å². The molecule has 0 aliphatic carbocycles. The van der Waals surface area contributed by atoms with E-state index >= 15 is 0 Å². The van der Waals surface area contributed by atoms with E-state index in [1.807, 2.05) is 68.4 Å². The number of H-pyrrole nitrogens is 1. The van der Waals surface area contributed by atoms with Crippen LogP contribution in [0.4, 0.5) is 11.4 Å². The molecule has 2 aromatic carbocycles. The lowest BCUT2D eigenvalue weighted by Gasteiger charge is -2.01. The Hall–Kier alpha value is -2.95. The van der Waals surface area contributed by atoms with Gasteiger partial charge in [-0.1, -0.05) is 35.9 Å². The molecule has 0 bridgehead atoms. The Morgan fingerprint density at radius 3 is 2.27 bits per heavy atom. The molecule has 0 atom stereocenters. The Balaban J connectivity index is 1.99. The summed E-state index contributed by atoms with van der Waals surface area (Å²) < 4.78 is 1.48. The van der Waals surface area contributed by atoms with Crippen molar-refractivity contribution in [1.29, 1.82) is 0 Å². The van der Waals surface area contributed by atoms with Crippen LogP contribution in [0.15, 0.2) is 69.6 Å². The highest BCUT2D eigenvalue weighted by Gasteiger charge is 2.11. The number of hydrogen-bond donors (Lipinski definition) is 1. The summed E-state index contributed by atoms with van der Waals surface area (Å²) in [6.07, 6.45) is 0. The minimum atomic E-state index is -0.207. The predicted molar refractivity (Wildman–Crippen MR) is 86.5 cm³/mol. The lowest BCUT2D eigenvalue weighted by Crippen LogP contribution is -2.13. The number of aromatic nitrogens is 2. The first-order valence-electron chi connectivity index (χ1n) is 7.00. The molecule has 5 heteroatoms. The van der Waals surface area contributed by atoms with E-state index < -0.39 is 0 Å². The molecule has 0 radical (unpaired) electrons. The van der Waals surface area contributed by atoms with Crippen LogP contribution in [0.3, 0.4) is 0 Å². The number of nitrogens with one attached hydrogen (secondary N) is 1. The van der Waals surface area contributed by atoms with Gasteiger partial charge >= 0.3 is 0 Å². The van der Waals surface area contributed by atoms with E-state index in [1.54, 1.807) is 0 Å². The number of aryl methyl sites for hydroxylation is 2. The summed E-state index contributed by atoms with van der Waals surface area (Å²) in [6.45, 7) is 3.82. The van der Waals surface area contributed by atoms with Crippen molar-refractivity contribution in [2.24, 2.45) is 10.2 Å². The minimum Gasteiger partial charge on any atom is -0.293 e. The first kappa shape index (κ1) is 14.0. The van der Waals surface area contributed by atoms with E-state index in [0.29, 0.717) is 17.1 Å². The van der Waals surface area contributed by atoms with Crippen molar-refractivity contribution in [2.45, 2.75) is 13.8 Å². The fourth-order valence-corrected chi connectivity index (χ4v) is 2.13. The number of rotatable bonds is 3. The normalized spacial score (nSPS) is 11.2. The van der Waals surface area contributed by atoms with E-state index in [9.17, 15) is 4.79 Å². The Kier molecular flexibility index (Phi) is 3.70. The fraction of sp³-hybridized carbons (Fsp3) is 0.118. The van der Waals surface area contributed by atoms with Gasteiger partial charge in [0.25, 0.3) is 5.56 Å². The van der Waals surface area contributed by atoms with Crippen molar-refractivity contribution in [2.75, 3.05) is 0 Å². The van der Waals surface area contributed by atoms with E-state index in [-0.39, 0.29) is 5.56 Å². The smallest absolute Gasteiger partial charge is 0.293 e. The molecule has 5 nitrogen and oxygen atoms in total. The maximum atomic E-state index is 12.5. The molecule has 0 amide bonds. The largest absolute Gasteiger partial charge is 0.299 e. The third-order valence-electron chi connectivity index (χ3n) is 3.35. The summed E-state index contributed by atoms with van der Waals surface area (Å²) in [5, 5.41) is 11.2. The molecule has 22 heavy (non-hydrogen) atoms. The van der Waals surface area contributed by atoms with E-state index in [4.69, 9.17) is 0 Å². The molecule has 0 spiro atoms. The van der Waals surface area contributed by atoms with Crippen molar-refractivity contribution in [3.63, 3.8) is 0 Å². The number of benzene rings is 2. The zero-order valence-electron chi connectivity index (χ0n) is 12.4. The second kappa shape index (κ2) is 5.81. The van der Waals surface area contributed by atoms with Gasteiger partial charge in [0.2, 0.25) is 0 Å². The summed E-state index contributed by atoms with van der Waals surface area (Å²) in [6, 6.07) is 17.0. The van der Waals surface area contributed by atoms with Gasteiger partial charge in [0.1, 0.15) is 0 Å². The Labute approximate surface area is 127 Å². The zero-order chi connectivity index (χ0) is 15.5. The van der Waals surface area contributed by atoms with Gasteiger partial charge in [-0.3, -0.25) is 9.89 Å². The van der Waals surface area contributed by atoms with Crippen molar-refractivity contribution in [3.8, 4) is 5.69 Å². The van der Waals surface area contributed by atoms with E-state index in [0.717, 1.165) is 11.3 Å². The monoisotopic (exact) mass is 292 g/mol. The van der Waals surface area contributed by atoms with Crippen LogP contribution in [0.1, 0.15) is 11.3 Å². The average molecular weight is 292 g/mol. The summed E-state index contributed by atoms with van der Waals surface area (Å²) in [7, 11) is 0. The highest BCUT2D eigenvalue weighted by Crippen LogP contribution is 2.18. The first-order chi connectivity index (χ1) is 10.6. The number of azo groups is 1. The maximum absolute atomic E-state index is 12.5. The van der Waals surface area contributed by atoms with Crippen LogP contribution in [0.5, 0.6) is 0 Å². The zero-order valence-corrected chi connectivity index (χ0v) is 12.4. The van der Waals surface area contributed by atoms with Crippen LogP contribution in [-0.4, -0.2) is 9.78 Å². The minimum absolute atomic E-state index is 0.207. The summed E-state index contributed by atoms with van der Waals surface area (Å²) in [5.74, 6) is 0. The summed E-state index contributed by atoms with van der Waals surface area (Å²) in [5.41, 5.74) is 3.43. The van der Waals surface area contributed by atoms with Crippen molar-refractivity contribution in [3.05, 3.63) is 76.2 Å². The molecule has 0 saturated heterocycles. The maximum Gasteiger partial charge on any atom is 0.299 e. The van der Waals surface area contributed by atoms with Crippen molar-refractivity contribution < 1.29 is 0 Å². The van der Waals surface area contributed by atoms with Gasteiger partial charge in [-0.15, -0.1) is 5.11 Å². The van der Waals surface area contributed by atoms with Gasteiger partial charge in [-0.2, -0.15) is 5.11 Å². The van der Waals surface area contributed by atoms with Crippen LogP contribution < -0.4 is 5.56 Å². The van der Waals surface area contributed by atoms with Gasteiger partial charge in [-0.25, -0.2) is 4.68 Å². The van der Waals surface area contributed by atoms with Gasteiger partial charge in [0.05, 0.1) is 17.1 Å². The predicted octanol–water partition coefficient (Wildman–Crippen LogP) is 4.20. The molecule has 110 valence electrons. The van der Waals surface area contributed by atoms with Gasteiger partial charge in [0.15, 0.2) is 5.69 Å². The van der Waals surface area contributed by atoms with Crippen molar-refractivity contribution >= 4 is 11.4 Å². The third-order valence-corrected chi connectivity index (χ3v) is 3.35. The molecule has 3 rings (SSSR count). The first-order valence-corrected chi connectivity index (χ1v) is 7.00. The molecule has 0 unspecified atom stereocenters. The molecule has 0 saturated carbocycles. The molecular formula is C17H16N4O. The average Bonchev–Trinajstić information content (AvgIpc) is 2.82. The summed E-state index contributed by atoms with van der Waals surface area (Å²) in [4.78, 5) is 12.5. The number of nitrogens with zero attached hydrogens (tertiary/aromatic N) is 3. The lowest BCUT2D eigenvalue weighted by molar-refractivity contribution is 0.835.